The largest absolute Gasteiger partial charge is 0.195 e. The van der Waals surface area contributed by atoms with Crippen LogP contribution in [-0.2, 0) is 6.42 Å². The highest BCUT2D eigenvalue weighted by Crippen LogP contribution is 2.35. The first-order valence-corrected chi connectivity index (χ1v) is 35.0. The number of rotatable bonds is 16. The summed E-state index contributed by atoms with van der Waals surface area (Å²) in [5.41, 5.74) is 7.73. The van der Waals surface area contributed by atoms with E-state index in [4.69, 9.17) is 0 Å². The van der Waals surface area contributed by atoms with Crippen molar-refractivity contribution < 1.29 is 4.39 Å². The summed E-state index contributed by atoms with van der Waals surface area (Å²) in [5.74, 6) is 1.26. The average Bonchev–Trinajstić information content (AvgIpc) is 4.45. The average molecular weight is 1200 g/mol. The van der Waals surface area contributed by atoms with E-state index in [1.807, 2.05) is 157 Å². The molecule has 0 bridgehead atoms. The quantitative estimate of drug-likeness (QED) is 0.0686. The number of unbranched alkanes of at least 4 members (excludes halogenated alkanes) is 6. The Morgan fingerprint density at radius 1 is 0.358 bits per heavy atom. The standard InChI is InChI=1S/C16H20S2.C16H20S.2C11H10S.C10H7FS.5C2H6/c1-2-3-4-8-13-17-16-12-11-15(18-16)14-9-6-5-7-10-14;1-2-3-4-8-11-15-12-13-16(17-15)14-9-6-5-7-10-14;1-9-7-11(12-8-9)10-5-3-2-4-6-10;1-9-7-8-11(12-9)10-5-3-2-4-6-10;11-10-7-6-9(12-10)8-4-2-1-3-5-8;5*1-2/h5-7,9-12H,2-4,8,13H2,1H3;5-7,9-10,12-13H,2-4,8,11H2,1H3;2*2-8H,1H3;1-7H;5*1-2H3. The Labute approximate surface area is 517 Å². The van der Waals surface area contributed by atoms with E-state index in [0.29, 0.717) is 0 Å². The van der Waals surface area contributed by atoms with Gasteiger partial charge in [0.05, 0.1) is 4.21 Å². The third-order valence-electron chi connectivity index (χ3n) is 11.1. The van der Waals surface area contributed by atoms with E-state index in [2.05, 4.69) is 185 Å². The number of hydrogen-bond acceptors (Lipinski definition) is 6. The Bertz CT molecular complexity index is 2710. The van der Waals surface area contributed by atoms with Crippen LogP contribution in [-0.4, -0.2) is 5.75 Å². The molecule has 0 aliphatic rings. The lowest BCUT2D eigenvalue weighted by atomic mass is 10.1. The van der Waals surface area contributed by atoms with Gasteiger partial charge in [0, 0.05) is 34.1 Å². The SMILES string of the molecule is CC.CC.CC.CC.CC.CCCCCCSc1ccc(-c2ccccc2)s1.CCCCCCc1ccc(-c2ccccc2)s1.Cc1ccc(-c2ccccc2)s1.Cc1csc(-c2ccccc2)c1.Fc1ccc(-c2ccccc2)s1. The second-order valence-electron chi connectivity index (χ2n) is 16.9. The first-order valence-electron chi connectivity index (χ1n) is 29.8. The molecule has 0 nitrogen and oxygen atoms in total. The summed E-state index contributed by atoms with van der Waals surface area (Å²) in [5, 5.41) is 2.05. The molecule has 0 unspecified atom stereocenters. The normalized spacial score (nSPS) is 9.47. The molecular formula is C74H97FS6. The van der Waals surface area contributed by atoms with Crippen LogP contribution < -0.4 is 0 Å². The van der Waals surface area contributed by atoms with Gasteiger partial charge in [-0.25, -0.2) is 0 Å². The van der Waals surface area contributed by atoms with Gasteiger partial charge >= 0.3 is 0 Å². The van der Waals surface area contributed by atoms with Gasteiger partial charge in [-0.2, -0.15) is 4.39 Å². The molecule has 436 valence electrons. The molecule has 0 aliphatic carbocycles. The van der Waals surface area contributed by atoms with Crippen LogP contribution in [0.5, 0.6) is 0 Å². The van der Waals surface area contributed by atoms with Gasteiger partial charge in [0.1, 0.15) is 0 Å². The Hall–Kier alpha value is -5.12. The fraction of sp³-hybridized carbons (Fsp3) is 0.324. The molecule has 5 aromatic heterocycles. The van der Waals surface area contributed by atoms with E-state index >= 15 is 0 Å². The molecule has 0 spiro atoms. The minimum atomic E-state index is -0.131. The van der Waals surface area contributed by atoms with Crippen LogP contribution in [0.1, 0.15) is 150 Å². The van der Waals surface area contributed by atoms with Gasteiger partial charge in [0.15, 0.2) is 5.13 Å². The Balaban J connectivity index is 0.000000491. The topological polar surface area (TPSA) is 0 Å². The lowest BCUT2D eigenvalue weighted by Crippen LogP contribution is -1.80. The van der Waals surface area contributed by atoms with Gasteiger partial charge in [-0.05, 0) is 132 Å². The number of benzene rings is 5. The van der Waals surface area contributed by atoms with Crippen LogP contribution in [0.4, 0.5) is 4.39 Å². The summed E-state index contributed by atoms with van der Waals surface area (Å²) >= 11 is 10.7. The number of thioether (sulfide) groups is 1. The lowest BCUT2D eigenvalue weighted by Gasteiger charge is -1.98. The molecule has 0 radical (unpaired) electrons. The van der Waals surface area contributed by atoms with Gasteiger partial charge < -0.3 is 0 Å². The fourth-order valence-electron chi connectivity index (χ4n) is 7.30. The van der Waals surface area contributed by atoms with Crippen LogP contribution >= 0.6 is 68.4 Å². The number of halogens is 1. The van der Waals surface area contributed by atoms with Crippen molar-refractivity contribution in [1.82, 2.24) is 0 Å². The monoisotopic (exact) mass is 1200 g/mol. The lowest BCUT2D eigenvalue weighted by molar-refractivity contribution is 0.657. The zero-order chi connectivity index (χ0) is 59.7. The molecule has 0 atom stereocenters. The summed E-state index contributed by atoms with van der Waals surface area (Å²) in [7, 11) is 0. The molecule has 0 aliphatic heterocycles. The maximum Gasteiger partial charge on any atom is 0.176 e. The Morgan fingerprint density at radius 2 is 0.741 bits per heavy atom. The van der Waals surface area contributed by atoms with Crippen LogP contribution in [0.2, 0.25) is 0 Å². The third-order valence-corrected chi connectivity index (χ3v) is 17.8. The van der Waals surface area contributed by atoms with Gasteiger partial charge in [-0.3, -0.25) is 0 Å². The highest BCUT2D eigenvalue weighted by atomic mass is 32.2. The summed E-state index contributed by atoms with van der Waals surface area (Å²) in [6.07, 6.45) is 12.1. The van der Waals surface area contributed by atoms with Crippen molar-refractivity contribution in [1.29, 1.82) is 0 Å². The van der Waals surface area contributed by atoms with Gasteiger partial charge in [0.25, 0.3) is 0 Å². The van der Waals surface area contributed by atoms with Crippen molar-refractivity contribution in [2.75, 3.05) is 5.75 Å². The van der Waals surface area contributed by atoms with Gasteiger partial charge in [-0.15, -0.1) is 68.4 Å². The molecular weight excluding hydrogens is 1100 g/mol. The van der Waals surface area contributed by atoms with Crippen LogP contribution in [0.25, 0.3) is 52.2 Å². The number of thiophene rings is 5. The molecule has 81 heavy (non-hydrogen) atoms. The van der Waals surface area contributed by atoms with Gasteiger partial charge in [0.2, 0.25) is 0 Å². The zero-order valence-electron chi connectivity index (χ0n) is 51.6. The van der Waals surface area contributed by atoms with E-state index in [1.54, 1.807) is 17.4 Å². The van der Waals surface area contributed by atoms with E-state index in [9.17, 15) is 4.39 Å². The van der Waals surface area contributed by atoms with Crippen molar-refractivity contribution in [3.05, 3.63) is 232 Å². The fourth-order valence-corrected chi connectivity index (χ4v) is 13.1. The third kappa shape index (κ3) is 31.2. The maximum absolute atomic E-state index is 12.6. The zero-order valence-corrected chi connectivity index (χ0v) is 56.5. The first kappa shape index (κ1) is 73.9. The Morgan fingerprint density at radius 3 is 1.14 bits per heavy atom. The summed E-state index contributed by atoms with van der Waals surface area (Å²) in [6, 6.07) is 71.0. The molecule has 0 saturated carbocycles. The van der Waals surface area contributed by atoms with E-state index < -0.39 is 0 Å². The highest BCUT2D eigenvalue weighted by Gasteiger charge is 2.05. The van der Waals surface area contributed by atoms with Gasteiger partial charge in [-0.1, -0.05) is 273 Å². The van der Waals surface area contributed by atoms with Crippen molar-refractivity contribution in [2.45, 2.75) is 159 Å². The van der Waals surface area contributed by atoms with Crippen LogP contribution in [0.3, 0.4) is 0 Å². The summed E-state index contributed by atoms with van der Waals surface area (Å²) in [6.45, 7) is 28.8. The second-order valence-corrected chi connectivity index (χ2v) is 23.8. The molecule has 0 amide bonds. The van der Waals surface area contributed by atoms with E-state index in [-0.39, 0.29) is 5.13 Å². The van der Waals surface area contributed by atoms with Crippen LogP contribution in [0.15, 0.2) is 216 Å². The predicted octanol–water partition coefficient (Wildman–Crippen LogP) is 27.8. The molecule has 7 heteroatoms. The predicted molar refractivity (Wildman–Crippen MR) is 378 cm³/mol. The Kier molecular flexibility index (Phi) is 45.1. The first-order chi connectivity index (χ1) is 39.9. The summed E-state index contributed by atoms with van der Waals surface area (Å²) in [4.78, 5) is 9.37. The summed E-state index contributed by atoms with van der Waals surface area (Å²) < 4.78 is 14.1. The van der Waals surface area contributed by atoms with Crippen molar-refractivity contribution in [3.63, 3.8) is 0 Å². The van der Waals surface area contributed by atoms with Crippen molar-refractivity contribution >= 4 is 68.4 Å². The highest BCUT2D eigenvalue weighted by molar-refractivity contribution is 8.01. The second kappa shape index (κ2) is 49.5. The molecule has 0 fully saturated rings. The van der Waals surface area contributed by atoms with Crippen molar-refractivity contribution in [2.24, 2.45) is 0 Å². The molecule has 5 heterocycles. The molecule has 10 rings (SSSR count). The smallest absolute Gasteiger partial charge is 0.176 e. The molecule has 10 aromatic rings. The molecule has 0 saturated heterocycles. The maximum atomic E-state index is 12.6. The van der Waals surface area contributed by atoms with E-state index in [0.717, 1.165) is 10.4 Å². The number of hydrogen-bond donors (Lipinski definition) is 0. The van der Waals surface area contributed by atoms with Crippen molar-refractivity contribution in [3.8, 4) is 52.2 Å². The molecule has 0 N–H and O–H groups in total. The number of aryl methyl sites for hydroxylation is 3. The minimum Gasteiger partial charge on any atom is -0.195 e. The van der Waals surface area contributed by atoms with E-state index in [1.165, 1.54) is 142 Å². The minimum absolute atomic E-state index is 0.131. The molecule has 5 aromatic carbocycles. The van der Waals surface area contributed by atoms with Crippen LogP contribution in [0, 0.1) is 19.0 Å².